The number of hydrogen-bond acceptors (Lipinski definition) is 15. The van der Waals surface area contributed by atoms with Gasteiger partial charge >= 0.3 is 23.9 Å². The zero-order valence-electron chi connectivity index (χ0n) is 43.4. The molecular formula is C57H64O15. The maximum atomic E-state index is 13.7. The Bertz CT molecular complexity index is 2650. The molecule has 5 rings (SSSR count). The van der Waals surface area contributed by atoms with Gasteiger partial charge in [-0.1, -0.05) is 92.7 Å². The van der Waals surface area contributed by atoms with E-state index in [9.17, 15) is 33.6 Å². The lowest BCUT2D eigenvalue weighted by Gasteiger charge is -2.19. The molecule has 72 heavy (non-hydrogen) atoms. The van der Waals surface area contributed by atoms with Crippen LogP contribution in [0.3, 0.4) is 0 Å². The second-order valence-electron chi connectivity index (χ2n) is 20.4. The van der Waals surface area contributed by atoms with Gasteiger partial charge in [0, 0.05) is 33.4 Å². The number of benzene rings is 5. The smallest absolute Gasteiger partial charge is 0.292 e. The molecule has 0 spiro atoms. The molecule has 0 bridgehead atoms. The van der Waals surface area contributed by atoms with Gasteiger partial charge in [-0.25, -0.2) is 19.2 Å². The van der Waals surface area contributed by atoms with E-state index >= 15 is 0 Å². The highest BCUT2D eigenvalue weighted by Gasteiger charge is 2.30. The van der Waals surface area contributed by atoms with E-state index in [1.807, 2.05) is 61.5 Å². The molecule has 0 atom stereocenters. The van der Waals surface area contributed by atoms with Crippen LogP contribution >= 0.6 is 0 Å². The normalized spacial score (nSPS) is 11.6. The molecule has 0 N–H and O–H groups in total. The minimum absolute atomic E-state index is 0.0431. The summed E-state index contributed by atoms with van der Waals surface area (Å²) < 4.78 is 0. The Hall–Kier alpha value is -7.17. The van der Waals surface area contributed by atoms with Gasteiger partial charge in [0.05, 0.1) is 22.3 Å². The highest BCUT2D eigenvalue weighted by Crippen LogP contribution is 2.25. The summed E-state index contributed by atoms with van der Waals surface area (Å²) in [6.07, 6.45) is 1.68. The topological polar surface area (TPSA) is 193 Å². The lowest BCUT2D eigenvalue weighted by molar-refractivity contribution is -0.302. The molecule has 5 aromatic carbocycles. The van der Waals surface area contributed by atoms with Gasteiger partial charge in [0.2, 0.25) is 0 Å². The van der Waals surface area contributed by atoms with Gasteiger partial charge < -0.3 is 0 Å². The molecule has 15 heteroatoms. The Morgan fingerprint density at radius 2 is 0.653 bits per heavy atom. The number of ketones is 3. The highest BCUT2D eigenvalue weighted by atomic mass is 17.2. The van der Waals surface area contributed by atoms with E-state index in [-0.39, 0.29) is 44.9 Å². The van der Waals surface area contributed by atoms with E-state index < -0.39 is 52.1 Å². The standard InChI is InChI=1S/C33H42O13.C24H22O2/c1-30(2,3)43-39-26(35)21-15-13-19(17-23(21)28(37)41-45-32(7,8)9)25(34)20-14-16-22(27(36)40-44-31(4,5)6)24(18-20)29(38)42-46-33(10,11)12;1-3-17-10-12-20(13-11-17)23(25)21-15-14-18(4-2)22(16-21)24(26)19-8-6-5-7-9-19/h13-18H,1-12H3;5-16H,3-4H2,1-2H3. The first-order chi connectivity index (χ1) is 33.5. The third-order valence-electron chi connectivity index (χ3n) is 9.57. The van der Waals surface area contributed by atoms with Crippen LogP contribution in [0.15, 0.2) is 109 Å². The van der Waals surface area contributed by atoms with Gasteiger partial charge in [-0.05, 0) is 137 Å². The van der Waals surface area contributed by atoms with E-state index in [1.165, 1.54) is 29.8 Å². The number of aryl methyl sites for hydroxylation is 2. The third kappa shape index (κ3) is 17.3. The predicted molar refractivity (Wildman–Crippen MR) is 266 cm³/mol. The average molecular weight is 989 g/mol. The van der Waals surface area contributed by atoms with E-state index in [2.05, 4.69) is 6.92 Å². The van der Waals surface area contributed by atoms with Crippen molar-refractivity contribution in [2.75, 3.05) is 0 Å². The van der Waals surface area contributed by atoms with Crippen molar-refractivity contribution in [3.8, 4) is 0 Å². The molecule has 0 saturated carbocycles. The van der Waals surface area contributed by atoms with Gasteiger partial charge in [0.1, 0.15) is 22.4 Å². The van der Waals surface area contributed by atoms with Crippen molar-refractivity contribution < 1.29 is 72.7 Å². The van der Waals surface area contributed by atoms with Crippen molar-refractivity contribution in [1.82, 2.24) is 0 Å². The lowest BCUT2D eigenvalue weighted by Crippen LogP contribution is -2.25. The summed E-state index contributed by atoms with van der Waals surface area (Å²) in [5.74, 6) is -5.04. The van der Waals surface area contributed by atoms with E-state index in [1.54, 1.807) is 101 Å². The van der Waals surface area contributed by atoms with Crippen LogP contribution in [-0.2, 0) is 51.9 Å². The van der Waals surface area contributed by atoms with Gasteiger partial charge in [-0.2, -0.15) is 19.6 Å². The zero-order valence-corrected chi connectivity index (χ0v) is 43.4. The summed E-state index contributed by atoms with van der Waals surface area (Å²) in [4.78, 5) is 131. The second kappa shape index (κ2) is 24.3. The van der Waals surface area contributed by atoms with Crippen LogP contribution in [0, 0.1) is 0 Å². The Labute approximate surface area is 420 Å². The zero-order chi connectivity index (χ0) is 53.8. The third-order valence-corrected chi connectivity index (χ3v) is 9.57. The average Bonchev–Trinajstić information content (AvgIpc) is 3.34. The summed E-state index contributed by atoms with van der Waals surface area (Å²) >= 11 is 0. The quantitative estimate of drug-likeness (QED) is 0.0514. The van der Waals surface area contributed by atoms with Gasteiger partial charge in [0.15, 0.2) is 17.3 Å². The van der Waals surface area contributed by atoms with Gasteiger partial charge in [-0.3, -0.25) is 33.9 Å². The molecule has 15 nitrogen and oxygen atoms in total. The molecule has 0 heterocycles. The second-order valence-corrected chi connectivity index (χ2v) is 20.4. The number of carbonyl (C=O) groups is 7. The van der Waals surface area contributed by atoms with Crippen molar-refractivity contribution in [1.29, 1.82) is 0 Å². The summed E-state index contributed by atoms with van der Waals surface area (Å²) in [6.45, 7) is 23.8. The van der Waals surface area contributed by atoms with E-state index in [0.717, 1.165) is 30.5 Å². The van der Waals surface area contributed by atoms with Crippen molar-refractivity contribution in [3.63, 3.8) is 0 Å². The fourth-order valence-corrected chi connectivity index (χ4v) is 6.10. The molecule has 0 aliphatic heterocycles. The van der Waals surface area contributed by atoms with Crippen LogP contribution in [0.25, 0.3) is 0 Å². The maximum absolute atomic E-state index is 13.7. The van der Waals surface area contributed by atoms with Crippen LogP contribution in [0.4, 0.5) is 0 Å². The molecule has 0 fully saturated rings. The highest BCUT2D eigenvalue weighted by molar-refractivity contribution is 6.15. The summed E-state index contributed by atoms with van der Waals surface area (Å²) in [5.41, 5.74) is -0.350. The van der Waals surface area contributed by atoms with Crippen LogP contribution in [0.5, 0.6) is 0 Å². The van der Waals surface area contributed by atoms with Crippen LogP contribution in [-0.4, -0.2) is 63.6 Å². The molecule has 0 saturated heterocycles. The Morgan fingerprint density at radius 1 is 0.333 bits per heavy atom. The molecule has 0 amide bonds. The van der Waals surface area contributed by atoms with Crippen molar-refractivity contribution in [3.05, 3.63) is 176 Å². The van der Waals surface area contributed by atoms with Crippen molar-refractivity contribution in [2.45, 2.75) is 132 Å². The largest absolute Gasteiger partial charge is 0.374 e. The molecule has 0 radical (unpaired) electrons. The van der Waals surface area contributed by atoms with Gasteiger partial charge in [0.25, 0.3) is 0 Å². The Balaban J connectivity index is 0.000000362. The first kappa shape index (κ1) is 57.4. The minimum atomic E-state index is -1.09. The Kier molecular flexibility index (Phi) is 19.4. The first-order valence-corrected chi connectivity index (χ1v) is 23.3. The fraction of sp³-hybridized carbons (Fsp3) is 0.351. The molecule has 0 aromatic heterocycles. The fourth-order valence-electron chi connectivity index (χ4n) is 6.10. The molecule has 5 aromatic rings. The number of rotatable bonds is 16. The summed E-state index contributed by atoms with van der Waals surface area (Å²) in [6, 6.07) is 29.4. The van der Waals surface area contributed by atoms with Crippen LogP contribution < -0.4 is 0 Å². The molecule has 0 aliphatic rings. The van der Waals surface area contributed by atoms with Crippen LogP contribution in [0.1, 0.15) is 197 Å². The monoisotopic (exact) mass is 988 g/mol. The summed E-state index contributed by atoms with van der Waals surface area (Å²) in [5, 5.41) is 0. The van der Waals surface area contributed by atoms with Gasteiger partial charge in [-0.15, -0.1) is 0 Å². The van der Waals surface area contributed by atoms with Crippen molar-refractivity contribution in [2.24, 2.45) is 0 Å². The SMILES string of the molecule is CC(C)(C)OOC(=O)c1ccc(C(=O)c2ccc(C(=O)OOC(C)(C)C)c(C(=O)OOC(C)(C)C)c2)cc1C(=O)OOC(C)(C)C.CCc1ccc(C(=O)c2ccc(CC)c(C(=O)c3ccccc3)c2)cc1. The summed E-state index contributed by atoms with van der Waals surface area (Å²) in [7, 11) is 0. The molecular weight excluding hydrogens is 925 g/mol. The maximum Gasteiger partial charge on any atom is 0.374 e. The number of hydrogen-bond donors (Lipinski definition) is 0. The van der Waals surface area contributed by atoms with E-state index in [4.69, 9.17) is 39.1 Å². The predicted octanol–water partition coefficient (Wildman–Crippen LogP) is 11.7. The first-order valence-electron chi connectivity index (χ1n) is 23.3. The number of carbonyl (C=O) groups excluding carboxylic acids is 7. The van der Waals surface area contributed by atoms with Crippen LogP contribution in [0.2, 0.25) is 0 Å². The molecule has 0 unspecified atom stereocenters. The van der Waals surface area contributed by atoms with Crippen molar-refractivity contribution >= 4 is 41.2 Å². The lowest BCUT2D eigenvalue weighted by atomic mass is 9.92. The Morgan fingerprint density at radius 3 is 1.01 bits per heavy atom. The molecule has 382 valence electrons. The van der Waals surface area contributed by atoms with E-state index in [0.29, 0.717) is 22.3 Å². The minimum Gasteiger partial charge on any atom is -0.292 e. The molecule has 0 aliphatic carbocycles.